The quantitative estimate of drug-likeness (QED) is 0.366. The van der Waals surface area contributed by atoms with E-state index in [1.54, 1.807) is 12.1 Å². The number of amidine groups is 1. The zero-order valence-electron chi connectivity index (χ0n) is 11.0. The molecule has 0 aliphatic rings. The zero-order valence-corrected chi connectivity index (χ0v) is 11.0. The summed E-state index contributed by atoms with van der Waals surface area (Å²) in [5.74, 6) is 0.114. The number of halogens is 1. The number of rotatable bonds is 5. The van der Waals surface area contributed by atoms with Crippen LogP contribution in [0.4, 0.5) is 10.1 Å². The van der Waals surface area contributed by atoms with Crippen molar-refractivity contribution in [3.05, 3.63) is 29.6 Å². The number of oxime groups is 1. The number of nitrogens with zero attached hydrogens (tertiary/aromatic N) is 2. The summed E-state index contributed by atoms with van der Waals surface area (Å²) in [6.45, 7) is 5.05. The molecule has 3 N–H and O–H groups in total. The van der Waals surface area contributed by atoms with Crippen LogP contribution in [0.15, 0.2) is 23.4 Å². The van der Waals surface area contributed by atoms with Gasteiger partial charge in [0.25, 0.3) is 0 Å². The molecule has 0 unspecified atom stereocenters. The van der Waals surface area contributed by atoms with Crippen molar-refractivity contribution in [1.29, 1.82) is 0 Å². The monoisotopic (exact) mass is 253 g/mol. The second-order valence-electron chi connectivity index (χ2n) is 4.76. The molecule has 0 atom stereocenters. The van der Waals surface area contributed by atoms with Crippen molar-refractivity contribution in [3.63, 3.8) is 0 Å². The first-order valence-corrected chi connectivity index (χ1v) is 5.94. The number of benzene rings is 1. The average Bonchev–Trinajstić information content (AvgIpc) is 2.34. The van der Waals surface area contributed by atoms with Gasteiger partial charge >= 0.3 is 0 Å². The highest BCUT2D eigenvalue weighted by molar-refractivity contribution is 5.97. The Bertz CT molecular complexity index is 432. The number of hydrogen-bond donors (Lipinski definition) is 2. The van der Waals surface area contributed by atoms with Gasteiger partial charge in [-0.25, -0.2) is 4.39 Å². The maximum absolute atomic E-state index is 13.9. The first-order chi connectivity index (χ1) is 8.45. The predicted molar refractivity (Wildman–Crippen MR) is 71.6 cm³/mol. The summed E-state index contributed by atoms with van der Waals surface area (Å²) in [6, 6.07) is 4.55. The minimum absolute atomic E-state index is 0.0923. The molecule has 0 bridgehead atoms. The minimum atomic E-state index is -0.370. The molecule has 0 spiro atoms. The molecule has 0 aliphatic heterocycles. The second-order valence-corrected chi connectivity index (χ2v) is 4.76. The van der Waals surface area contributed by atoms with Crippen LogP contribution in [-0.2, 0) is 0 Å². The first-order valence-electron chi connectivity index (χ1n) is 5.94. The van der Waals surface area contributed by atoms with E-state index < -0.39 is 0 Å². The fraction of sp³-hybridized carbons (Fsp3) is 0.462. The molecule has 5 heteroatoms. The summed E-state index contributed by atoms with van der Waals surface area (Å²) < 4.78 is 13.9. The van der Waals surface area contributed by atoms with E-state index in [2.05, 4.69) is 19.0 Å². The van der Waals surface area contributed by atoms with E-state index in [0.717, 1.165) is 13.0 Å². The van der Waals surface area contributed by atoms with Crippen LogP contribution in [0.2, 0.25) is 0 Å². The molecule has 0 heterocycles. The molecule has 18 heavy (non-hydrogen) atoms. The van der Waals surface area contributed by atoms with Gasteiger partial charge in [-0.05, 0) is 30.5 Å². The molecular weight excluding hydrogens is 233 g/mol. The molecule has 1 aromatic rings. The van der Waals surface area contributed by atoms with Crippen LogP contribution in [0, 0.1) is 11.7 Å². The van der Waals surface area contributed by atoms with E-state index in [1.165, 1.54) is 6.07 Å². The minimum Gasteiger partial charge on any atom is -0.409 e. The van der Waals surface area contributed by atoms with E-state index in [4.69, 9.17) is 10.9 Å². The third-order valence-corrected chi connectivity index (χ3v) is 2.80. The van der Waals surface area contributed by atoms with Crippen molar-refractivity contribution < 1.29 is 9.60 Å². The highest BCUT2D eigenvalue weighted by atomic mass is 19.1. The van der Waals surface area contributed by atoms with Crippen molar-refractivity contribution in [3.8, 4) is 0 Å². The van der Waals surface area contributed by atoms with Crippen LogP contribution < -0.4 is 10.6 Å². The van der Waals surface area contributed by atoms with Gasteiger partial charge in [0, 0.05) is 19.2 Å². The SMILES string of the molecule is CC(C)CCN(C)c1ccc(C(N)=NO)cc1F. The summed E-state index contributed by atoms with van der Waals surface area (Å²) in [4.78, 5) is 1.87. The average molecular weight is 253 g/mol. The predicted octanol–water partition coefficient (Wildman–Crippen LogP) is 2.40. The van der Waals surface area contributed by atoms with Crippen molar-refractivity contribution in [1.82, 2.24) is 0 Å². The van der Waals surface area contributed by atoms with E-state index >= 15 is 0 Å². The number of nitrogens with two attached hydrogens (primary N) is 1. The van der Waals surface area contributed by atoms with Crippen LogP contribution in [0.5, 0.6) is 0 Å². The first kappa shape index (κ1) is 14.3. The van der Waals surface area contributed by atoms with Crippen molar-refractivity contribution >= 4 is 11.5 Å². The normalized spacial score (nSPS) is 11.9. The second kappa shape index (κ2) is 6.23. The lowest BCUT2D eigenvalue weighted by molar-refractivity contribution is 0.318. The van der Waals surface area contributed by atoms with Crippen LogP contribution >= 0.6 is 0 Å². The van der Waals surface area contributed by atoms with Gasteiger partial charge in [0.15, 0.2) is 5.84 Å². The molecule has 1 rings (SSSR count). The Morgan fingerprint density at radius 1 is 1.50 bits per heavy atom. The fourth-order valence-electron chi connectivity index (χ4n) is 1.61. The van der Waals surface area contributed by atoms with Gasteiger partial charge in [-0.1, -0.05) is 19.0 Å². The molecule has 0 aromatic heterocycles. The molecule has 0 radical (unpaired) electrons. The lowest BCUT2D eigenvalue weighted by Gasteiger charge is -2.21. The third-order valence-electron chi connectivity index (χ3n) is 2.80. The van der Waals surface area contributed by atoms with Gasteiger partial charge in [-0.2, -0.15) is 0 Å². The Hall–Kier alpha value is -1.78. The summed E-state index contributed by atoms with van der Waals surface area (Å²) in [5.41, 5.74) is 6.30. The van der Waals surface area contributed by atoms with Gasteiger partial charge in [-0.15, -0.1) is 0 Å². The maximum atomic E-state index is 13.9. The van der Waals surface area contributed by atoms with Gasteiger partial charge in [0.1, 0.15) is 5.82 Å². The lowest BCUT2D eigenvalue weighted by Crippen LogP contribution is -2.21. The van der Waals surface area contributed by atoms with Crippen molar-refractivity contribution in [2.24, 2.45) is 16.8 Å². The van der Waals surface area contributed by atoms with E-state index in [-0.39, 0.29) is 11.7 Å². The Kier molecular flexibility index (Phi) is 4.95. The Balaban J connectivity index is 2.85. The topological polar surface area (TPSA) is 61.8 Å². The molecule has 0 fully saturated rings. The standard InChI is InChI=1S/C13H20FN3O/c1-9(2)6-7-17(3)12-5-4-10(8-11(12)14)13(15)16-18/h4-5,8-9,18H,6-7H2,1-3H3,(H2,15,16). The van der Waals surface area contributed by atoms with Gasteiger partial charge in [0.2, 0.25) is 0 Å². The van der Waals surface area contributed by atoms with E-state index in [0.29, 0.717) is 17.2 Å². The Morgan fingerprint density at radius 3 is 2.67 bits per heavy atom. The third kappa shape index (κ3) is 3.61. The summed E-state index contributed by atoms with van der Waals surface area (Å²) >= 11 is 0. The number of anilines is 1. The highest BCUT2D eigenvalue weighted by Crippen LogP contribution is 2.20. The van der Waals surface area contributed by atoms with Gasteiger partial charge in [0.05, 0.1) is 5.69 Å². The molecule has 0 amide bonds. The number of hydrogen-bond acceptors (Lipinski definition) is 3. The zero-order chi connectivity index (χ0) is 13.7. The van der Waals surface area contributed by atoms with Gasteiger partial charge < -0.3 is 15.8 Å². The molecular formula is C13H20FN3O. The molecule has 1 aromatic carbocycles. The Morgan fingerprint density at radius 2 is 2.17 bits per heavy atom. The van der Waals surface area contributed by atoms with E-state index in [1.807, 2.05) is 11.9 Å². The van der Waals surface area contributed by atoms with Crippen LogP contribution in [0.3, 0.4) is 0 Å². The molecule has 0 aliphatic carbocycles. The van der Waals surface area contributed by atoms with Crippen LogP contribution in [-0.4, -0.2) is 24.6 Å². The largest absolute Gasteiger partial charge is 0.409 e. The summed E-state index contributed by atoms with van der Waals surface area (Å²) in [6.07, 6.45) is 0.998. The highest BCUT2D eigenvalue weighted by Gasteiger charge is 2.10. The van der Waals surface area contributed by atoms with Crippen molar-refractivity contribution in [2.45, 2.75) is 20.3 Å². The van der Waals surface area contributed by atoms with Crippen LogP contribution in [0.1, 0.15) is 25.8 Å². The smallest absolute Gasteiger partial charge is 0.170 e. The molecule has 4 nitrogen and oxygen atoms in total. The summed E-state index contributed by atoms with van der Waals surface area (Å²) in [5, 5.41) is 11.4. The molecule has 0 saturated carbocycles. The summed E-state index contributed by atoms with van der Waals surface area (Å²) in [7, 11) is 1.85. The van der Waals surface area contributed by atoms with Crippen molar-refractivity contribution in [2.75, 3.05) is 18.5 Å². The maximum Gasteiger partial charge on any atom is 0.170 e. The van der Waals surface area contributed by atoms with Crippen LogP contribution in [0.25, 0.3) is 0 Å². The Labute approximate surface area is 107 Å². The lowest BCUT2D eigenvalue weighted by atomic mass is 10.1. The van der Waals surface area contributed by atoms with E-state index in [9.17, 15) is 4.39 Å². The molecule has 100 valence electrons. The van der Waals surface area contributed by atoms with Gasteiger partial charge in [-0.3, -0.25) is 0 Å². The fourth-order valence-corrected chi connectivity index (χ4v) is 1.61. The molecule has 0 saturated heterocycles.